The summed E-state index contributed by atoms with van der Waals surface area (Å²) in [5, 5.41) is 2.55. The van der Waals surface area contributed by atoms with Crippen LogP contribution in [0, 0.1) is 0 Å². The van der Waals surface area contributed by atoms with E-state index in [-0.39, 0.29) is 29.7 Å². The second-order valence-corrected chi connectivity index (χ2v) is 6.28. The summed E-state index contributed by atoms with van der Waals surface area (Å²) >= 11 is 0. The second kappa shape index (κ2) is 8.50. The first-order chi connectivity index (χ1) is 10.3. The smallest absolute Gasteiger partial charge is 0.305 e. The van der Waals surface area contributed by atoms with Gasteiger partial charge in [0.2, 0.25) is 15.9 Å². The van der Waals surface area contributed by atoms with Crippen LogP contribution in [0.15, 0.2) is 29.2 Å². The predicted octanol–water partition coefficient (Wildman–Crippen LogP) is 1.27. The quantitative estimate of drug-likeness (QED) is 0.553. The summed E-state index contributed by atoms with van der Waals surface area (Å²) in [7, 11) is -3.63. The van der Waals surface area contributed by atoms with Gasteiger partial charge in [-0.2, -0.15) is 0 Å². The summed E-state index contributed by atoms with van der Waals surface area (Å²) in [6, 6.07) is 5.82. The number of anilines is 1. The molecule has 0 aliphatic rings. The Morgan fingerprint density at radius 3 is 2.36 bits per heavy atom. The Labute approximate surface area is 130 Å². The van der Waals surface area contributed by atoms with Gasteiger partial charge in [-0.15, -0.1) is 0 Å². The zero-order valence-corrected chi connectivity index (χ0v) is 13.4. The standard InChI is InChI=1S/C14H20N2O5S/c1-3-21-14(18)5-4-10-15-22(19,20)13-8-6-12(7-9-13)16-11(2)17/h6-9,15H,3-5,10H2,1-2H3,(H,16,17). The van der Waals surface area contributed by atoms with Crippen LogP contribution in [-0.4, -0.2) is 33.4 Å². The van der Waals surface area contributed by atoms with Crippen molar-refractivity contribution in [1.82, 2.24) is 4.72 Å². The first-order valence-electron chi connectivity index (χ1n) is 6.88. The van der Waals surface area contributed by atoms with Gasteiger partial charge in [-0.25, -0.2) is 13.1 Å². The first-order valence-corrected chi connectivity index (χ1v) is 8.36. The van der Waals surface area contributed by atoms with Crippen molar-refractivity contribution in [1.29, 1.82) is 0 Å². The molecule has 0 bridgehead atoms. The Morgan fingerprint density at radius 2 is 1.82 bits per heavy atom. The van der Waals surface area contributed by atoms with Gasteiger partial charge in [0.15, 0.2) is 0 Å². The molecule has 0 saturated carbocycles. The van der Waals surface area contributed by atoms with Crippen molar-refractivity contribution in [3.8, 4) is 0 Å². The first kappa shape index (κ1) is 18.1. The maximum Gasteiger partial charge on any atom is 0.305 e. The summed E-state index contributed by atoms with van der Waals surface area (Å²) in [5.74, 6) is -0.575. The van der Waals surface area contributed by atoms with Gasteiger partial charge < -0.3 is 10.1 Å². The van der Waals surface area contributed by atoms with Gasteiger partial charge in [0, 0.05) is 25.6 Å². The van der Waals surface area contributed by atoms with Gasteiger partial charge in [-0.1, -0.05) is 0 Å². The highest BCUT2D eigenvalue weighted by atomic mass is 32.2. The fraction of sp³-hybridized carbons (Fsp3) is 0.429. The number of hydrogen-bond donors (Lipinski definition) is 2. The van der Waals surface area contributed by atoms with E-state index in [1.54, 1.807) is 6.92 Å². The molecule has 122 valence electrons. The fourth-order valence-electron chi connectivity index (χ4n) is 1.68. The van der Waals surface area contributed by atoms with Gasteiger partial charge in [-0.05, 0) is 37.6 Å². The summed E-state index contributed by atoms with van der Waals surface area (Å²) in [6.45, 7) is 3.54. The molecule has 0 radical (unpaired) electrons. The topological polar surface area (TPSA) is 102 Å². The molecule has 0 spiro atoms. The molecule has 0 aliphatic heterocycles. The Morgan fingerprint density at radius 1 is 1.18 bits per heavy atom. The van der Waals surface area contributed by atoms with Gasteiger partial charge in [0.05, 0.1) is 11.5 Å². The number of rotatable bonds is 8. The molecule has 1 aromatic carbocycles. The third kappa shape index (κ3) is 6.23. The molecule has 2 N–H and O–H groups in total. The lowest BCUT2D eigenvalue weighted by Crippen LogP contribution is -2.25. The normalized spacial score (nSPS) is 11.0. The number of amides is 1. The van der Waals surface area contributed by atoms with Crippen molar-refractivity contribution in [2.24, 2.45) is 0 Å². The van der Waals surface area contributed by atoms with E-state index < -0.39 is 10.0 Å². The van der Waals surface area contributed by atoms with Crippen LogP contribution in [0.3, 0.4) is 0 Å². The monoisotopic (exact) mass is 328 g/mol. The van der Waals surface area contributed by atoms with E-state index in [1.807, 2.05) is 0 Å². The number of hydrogen-bond acceptors (Lipinski definition) is 5. The predicted molar refractivity (Wildman–Crippen MR) is 81.8 cm³/mol. The SMILES string of the molecule is CCOC(=O)CCCNS(=O)(=O)c1ccc(NC(C)=O)cc1. The van der Waals surface area contributed by atoms with Crippen molar-refractivity contribution in [3.05, 3.63) is 24.3 Å². The molecular weight excluding hydrogens is 308 g/mol. The van der Waals surface area contributed by atoms with Crippen LogP contribution in [0.25, 0.3) is 0 Å². The van der Waals surface area contributed by atoms with Crippen LogP contribution in [0.4, 0.5) is 5.69 Å². The van der Waals surface area contributed by atoms with Crippen molar-refractivity contribution in [2.75, 3.05) is 18.5 Å². The Kier molecular flexibility index (Phi) is 7.00. The number of sulfonamides is 1. The van der Waals surface area contributed by atoms with Crippen LogP contribution in [-0.2, 0) is 24.3 Å². The summed E-state index contributed by atoms with van der Waals surface area (Å²) in [5.41, 5.74) is 0.522. The molecule has 0 heterocycles. The van der Waals surface area contributed by atoms with Gasteiger partial charge in [0.1, 0.15) is 0 Å². The highest BCUT2D eigenvalue weighted by Crippen LogP contribution is 2.13. The largest absolute Gasteiger partial charge is 0.466 e. The number of nitrogens with one attached hydrogen (secondary N) is 2. The Hall–Kier alpha value is -1.93. The summed E-state index contributed by atoms with van der Waals surface area (Å²) in [6.07, 6.45) is 0.528. The highest BCUT2D eigenvalue weighted by Gasteiger charge is 2.13. The number of carbonyl (C=O) groups excluding carboxylic acids is 2. The van der Waals surface area contributed by atoms with Crippen LogP contribution < -0.4 is 10.0 Å². The van der Waals surface area contributed by atoms with Crippen LogP contribution in [0.1, 0.15) is 26.7 Å². The maximum absolute atomic E-state index is 12.0. The fourth-order valence-corrected chi connectivity index (χ4v) is 2.75. The zero-order chi connectivity index (χ0) is 16.6. The average molecular weight is 328 g/mol. The Bertz CT molecular complexity index is 611. The molecule has 1 rings (SSSR count). The molecule has 0 atom stereocenters. The lowest BCUT2D eigenvalue weighted by atomic mass is 10.3. The molecule has 0 fully saturated rings. The second-order valence-electron chi connectivity index (χ2n) is 4.51. The minimum atomic E-state index is -3.63. The molecule has 8 heteroatoms. The van der Waals surface area contributed by atoms with Crippen molar-refractivity contribution >= 4 is 27.6 Å². The third-order valence-corrected chi connectivity index (χ3v) is 4.12. The number of benzene rings is 1. The van der Waals surface area contributed by atoms with E-state index in [4.69, 9.17) is 4.74 Å². The summed E-state index contributed by atoms with van der Waals surface area (Å²) in [4.78, 5) is 22.1. The highest BCUT2D eigenvalue weighted by molar-refractivity contribution is 7.89. The van der Waals surface area contributed by atoms with E-state index in [0.717, 1.165) is 0 Å². The van der Waals surface area contributed by atoms with Crippen LogP contribution in [0.2, 0.25) is 0 Å². The minimum Gasteiger partial charge on any atom is -0.466 e. The molecule has 22 heavy (non-hydrogen) atoms. The molecule has 0 aromatic heterocycles. The Balaban J connectivity index is 2.52. The maximum atomic E-state index is 12.0. The van der Waals surface area contributed by atoms with E-state index in [1.165, 1.54) is 31.2 Å². The lowest BCUT2D eigenvalue weighted by Gasteiger charge is -2.08. The van der Waals surface area contributed by atoms with Gasteiger partial charge >= 0.3 is 5.97 Å². The van der Waals surface area contributed by atoms with E-state index in [2.05, 4.69) is 10.0 Å². The number of carbonyl (C=O) groups is 2. The third-order valence-electron chi connectivity index (χ3n) is 2.64. The number of ether oxygens (including phenoxy) is 1. The molecular formula is C14H20N2O5S. The summed E-state index contributed by atoms with van der Waals surface area (Å²) < 4.78 is 31.2. The lowest BCUT2D eigenvalue weighted by molar-refractivity contribution is -0.143. The van der Waals surface area contributed by atoms with Crippen LogP contribution >= 0.6 is 0 Å². The van der Waals surface area contributed by atoms with Crippen molar-refractivity contribution in [2.45, 2.75) is 31.6 Å². The van der Waals surface area contributed by atoms with Crippen molar-refractivity contribution in [3.63, 3.8) is 0 Å². The van der Waals surface area contributed by atoms with Crippen molar-refractivity contribution < 1.29 is 22.7 Å². The number of esters is 1. The van der Waals surface area contributed by atoms with Gasteiger partial charge in [0.25, 0.3) is 0 Å². The average Bonchev–Trinajstić information content (AvgIpc) is 2.44. The molecule has 0 unspecified atom stereocenters. The zero-order valence-electron chi connectivity index (χ0n) is 12.6. The molecule has 0 aliphatic carbocycles. The molecule has 7 nitrogen and oxygen atoms in total. The van der Waals surface area contributed by atoms with E-state index >= 15 is 0 Å². The minimum absolute atomic E-state index is 0.0951. The van der Waals surface area contributed by atoms with E-state index in [9.17, 15) is 18.0 Å². The molecule has 1 amide bonds. The molecule has 1 aromatic rings. The van der Waals surface area contributed by atoms with Crippen LogP contribution in [0.5, 0.6) is 0 Å². The van der Waals surface area contributed by atoms with E-state index in [0.29, 0.717) is 18.7 Å². The van der Waals surface area contributed by atoms with Gasteiger partial charge in [-0.3, -0.25) is 9.59 Å². The molecule has 0 saturated heterocycles.